The van der Waals surface area contributed by atoms with Crippen LogP contribution in [0.25, 0.3) is 0 Å². The van der Waals surface area contributed by atoms with E-state index in [-0.39, 0.29) is 5.91 Å². The molecule has 0 aliphatic heterocycles. The Bertz CT molecular complexity index is 566. The van der Waals surface area contributed by atoms with Gasteiger partial charge in [-0.1, -0.05) is 30.3 Å². The monoisotopic (exact) mass is 283 g/mol. The molecule has 0 aliphatic carbocycles. The number of para-hydroxylation sites is 1. The molecule has 0 saturated carbocycles. The minimum Gasteiger partial charge on any atom is -0.374 e. The van der Waals surface area contributed by atoms with Crippen molar-refractivity contribution >= 4 is 17.3 Å². The van der Waals surface area contributed by atoms with Crippen LogP contribution >= 0.6 is 0 Å². The van der Waals surface area contributed by atoms with E-state index in [1.54, 1.807) is 0 Å². The number of nitrogens with two attached hydrogens (primary N) is 1. The van der Waals surface area contributed by atoms with Gasteiger partial charge in [0, 0.05) is 37.9 Å². The second-order valence-electron chi connectivity index (χ2n) is 4.96. The van der Waals surface area contributed by atoms with Crippen LogP contribution in [0.15, 0.2) is 54.6 Å². The molecule has 0 spiro atoms. The number of nitrogens with one attached hydrogen (secondary N) is 1. The first-order valence-corrected chi connectivity index (χ1v) is 7.04. The van der Waals surface area contributed by atoms with Gasteiger partial charge < -0.3 is 16.0 Å². The summed E-state index contributed by atoms with van der Waals surface area (Å²) in [4.78, 5) is 14.0. The largest absolute Gasteiger partial charge is 0.374 e. The van der Waals surface area contributed by atoms with Crippen LogP contribution in [-0.4, -0.2) is 19.5 Å². The number of benzene rings is 2. The smallest absolute Gasteiger partial charge is 0.226 e. The highest BCUT2D eigenvalue weighted by atomic mass is 16.1. The molecule has 0 fully saturated rings. The molecule has 4 nitrogen and oxygen atoms in total. The van der Waals surface area contributed by atoms with Gasteiger partial charge in [0.05, 0.1) is 0 Å². The van der Waals surface area contributed by atoms with E-state index >= 15 is 0 Å². The molecular formula is C17H21N3O. The molecular weight excluding hydrogens is 262 g/mol. The van der Waals surface area contributed by atoms with E-state index in [4.69, 9.17) is 5.73 Å². The maximum atomic E-state index is 11.9. The topological polar surface area (TPSA) is 58.4 Å². The van der Waals surface area contributed by atoms with Gasteiger partial charge in [-0.2, -0.15) is 0 Å². The van der Waals surface area contributed by atoms with Gasteiger partial charge in [0.15, 0.2) is 0 Å². The first-order valence-electron chi connectivity index (χ1n) is 7.04. The van der Waals surface area contributed by atoms with Crippen molar-refractivity contribution in [1.29, 1.82) is 0 Å². The normalized spacial score (nSPS) is 10.2. The zero-order chi connectivity index (χ0) is 15.1. The second-order valence-corrected chi connectivity index (χ2v) is 4.96. The van der Waals surface area contributed by atoms with E-state index in [0.717, 1.165) is 16.9 Å². The summed E-state index contributed by atoms with van der Waals surface area (Å²) in [6.07, 6.45) is 0.448. The minimum absolute atomic E-state index is 0.0123. The van der Waals surface area contributed by atoms with Crippen molar-refractivity contribution in [3.05, 3.63) is 60.2 Å². The quantitative estimate of drug-likeness (QED) is 0.856. The molecule has 0 radical (unpaired) electrons. The molecule has 0 saturated heterocycles. The highest BCUT2D eigenvalue weighted by Crippen LogP contribution is 2.12. The maximum absolute atomic E-state index is 11.9. The van der Waals surface area contributed by atoms with Crippen molar-refractivity contribution in [3.63, 3.8) is 0 Å². The lowest BCUT2D eigenvalue weighted by atomic mass is 10.2. The lowest BCUT2D eigenvalue weighted by Gasteiger charge is -2.18. The average Bonchev–Trinajstić information content (AvgIpc) is 2.54. The molecule has 2 rings (SSSR count). The molecule has 3 N–H and O–H groups in total. The van der Waals surface area contributed by atoms with Gasteiger partial charge in [0.25, 0.3) is 0 Å². The third-order valence-electron chi connectivity index (χ3n) is 3.34. The molecule has 0 bridgehead atoms. The first kappa shape index (κ1) is 15.1. The molecule has 2 aromatic rings. The van der Waals surface area contributed by atoms with E-state index in [2.05, 4.69) is 10.2 Å². The van der Waals surface area contributed by atoms with Gasteiger partial charge >= 0.3 is 0 Å². The number of nitrogens with zero attached hydrogens (tertiary/aromatic N) is 1. The minimum atomic E-state index is 0.0123. The molecule has 0 aromatic heterocycles. The summed E-state index contributed by atoms with van der Waals surface area (Å²) in [5, 5.41) is 2.89. The van der Waals surface area contributed by atoms with Crippen molar-refractivity contribution in [3.8, 4) is 0 Å². The van der Waals surface area contributed by atoms with Crippen LogP contribution in [0.1, 0.15) is 12.0 Å². The van der Waals surface area contributed by atoms with Crippen LogP contribution in [0, 0.1) is 0 Å². The lowest BCUT2D eigenvalue weighted by Crippen LogP contribution is -2.23. The van der Waals surface area contributed by atoms with Gasteiger partial charge in [-0.15, -0.1) is 0 Å². The van der Waals surface area contributed by atoms with E-state index in [9.17, 15) is 4.79 Å². The number of carbonyl (C=O) groups excluding carboxylic acids is 1. The Morgan fingerprint density at radius 1 is 1.10 bits per heavy atom. The fraction of sp³-hybridized carbons (Fsp3) is 0.235. The summed E-state index contributed by atoms with van der Waals surface area (Å²) >= 11 is 0. The van der Waals surface area contributed by atoms with Crippen LogP contribution < -0.4 is 16.0 Å². The number of hydrogen-bond acceptors (Lipinski definition) is 3. The van der Waals surface area contributed by atoms with Crippen LogP contribution in [0.4, 0.5) is 11.4 Å². The van der Waals surface area contributed by atoms with Crippen LogP contribution in [0.5, 0.6) is 0 Å². The first-order chi connectivity index (χ1) is 10.2. The molecule has 4 heteroatoms. The molecule has 2 aromatic carbocycles. The van der Waals surface area contributed by atoms with Gasteiger partial charge in [0.2, 0.25) is 5.91 Å². The predicted octanol–water partition coefficient (Wildman–Crippen LogP) is 2.61. The SMILES string of the molecule is CN(CCC(=O)Nc1ccc(CN)cc1)c1ccccc1. The van der Waals surface area contributed by atoms with Crippen molar-refractivity contribution < 1.29 is 4.79 Å². The third kappa shape index (κ3) is 4.61. The van der Waals surface area contributed by atoms with Gasteiger partial charge in [-0.3, -0.25) is 4.79 Å². The predicted molar refractivity (Wildman–Crippen MR) is 87.3 cm³/mol. The van der Waals surface area contributed by atoms with Crippen molar-refractivity contribution in [2.24, 2.45) is 5.73 Å². The van der Waals surface area contributed by atoms with Crippen LogP contribution in [0.2, 0.25) is 0 Å². The van der Waals surface area contributed by atoms with Gasteiger partial charge in [-0.05, 0) is 29.8 Å². The standard InChI is InChI=1S/C17H21N3O/c1-20(16-5-3-2-4-6-16)12-11-17(21)19-15-9-7-14(13-18)8-10-15/h2-10H,11-13,18H2,1H3,(H,19,21). The van der Waals surface area contributed by atoms with Crippen LogP contribution in [-0.2, 0) is 11.3 Å². The summed E-state index contributed by atoms with van der Waals surface area (Å²) in [5.74, 6) is 0.0123. The number of hydrogen-bond donors (Lipinski definition) is 2. The Kier molecular flexibility index (Phi) is 5.35. The number of anilines is 2. The Morgan fingerprint density at radius 3 is 2.38 bits per heavy atom. The van der Waals surface area contributed by atoms with E-state index in [1.165, 1.54) is 0 Å². The summed E-state index contributed by atoms with van der Waals surface area (Å²) in [7, 11) is 1.98. The molecule has 1 amide bonds. The number of carbonyl (C=O) groups is 1. The highest BCUT2D eigenvalue weighted by Gasteiger charge is 2.05. The molecule has 0 unspecified atom stereocenters. The molecule has 110 valence electrons. The lowest BCUT2D eigenvalue weighted by molar-refractivity contribution is -0.116. The zero-order valence-electron chi connectivity index (χ0n) is 12.3. The van der Waals surface area contributed by atoms with Gasteiger partial charge in [-0.25, -0.2) is 0 Å². The zero-order valence-corrected chi connectivity index (χ0v) is 12.3. The maximum Gasteiger partial charge on any atom is 0.226 e. The number of amides is 1. The third-order valence-corrected chi connectivity index (χ3v) is 3.34. The van der Waals surface area contributed by atoms with Gasteiger partial charge in [0.1, 0.15) is 0 Å². The Labute approximate surface area is 125 Å². The summed E-state index contributed by atoms with van der Waals surface area (Å²) in [5.41, 5.74) is 8.51. The highest BCUT2D eigenvalue weighted by molar-refractivity contribution is 5.91. The van der Waals surface area contributed by atoms with Crippen LogP contribution in [0.3, 0.4) is 0 Å². The summed E-state index contributed by atoms with van der Waals surface area (Å²) in [6.45, 7) is 1.19. The molecule has 21 heavy (non-hydrogen) atoms. The Morgan fingerprint density at radius 2 is 1.76 bits per heavy atom. The Hall–Kier alpha value is -2.33. The number of rotatable bonds is 6. The average molecular weight is 283 g/mol. The Balaban J connectivity index is 1.81. The molecule has 0 atom stereocenters. The van der Waals surface area contributed by atoms with E-state index < -0.39 is 0 Å². The fourth-order valence-electron chi connectivity index (χ4n) is 2.03. The van der Waals surface area contributed by atoms with Crippen molar-refractivity contribution in [1.82, 2.24) is 0 Å². The van der Waals surface area contributed by atoms with E-state index in [0.29, 0.717) is 19.5 Å². The fourth-order valence-corrected chi connectivity index (χ4v) is 2.03. The van der Waals surface area contributed by atoms with E-state index in [1.807, 2.05) is 61.6 Å². The molecule has 0 aliphatic rings. The summed E-state index contributed by atoms with van der Waals surface area (Å²) in [6, 6.07) is 17.6. The summed E-state index contributed by atoms with van der Waals surface area (Å²) < 4.78 is 0. The second kappa shape index (κ2) is 7.45. The van der Waals surface area contributed by atoms with Crippen molar-refractivity contribution in [2.45, 2.75) is 13.0 Å². The molecule has 0 heterocycles. The van der Waals surface area contributed by atoms with Crippen molar-refractivity contribution in [2.75, 3.05) is 23.8 Å².